The Morgan fingerprint density at radius 3 is 2.55 bits per heavy atom. The van der Waals surface area contributed by atoms with Gasteiger partial charge in [-0.15, -0.1) is 0 Å². The Morgan fingerprint density at radius 2 is 1.90 bits per heavy atom. The van der Waals surface area contributed by atoms with E-state index in [1.54, 1.807) is 6.92 Å². The highest BCUT2D eigenvalue weighted by Crippen LogP contribution is 2.21. The van der Waals surface area contributed by atoms with Gasteiger partial charge in [0.1, 0.15) is 18.3 Å². The molecule has 0 bridgehead atoms. The fourth-order valence-electron chi connectivity index (χ4n) is 2.02. The molecule has 0 aliphatic carbocycles. The monoisotopic (exact) mass is 291 g/mol. The highest BCUT2D eigenvalue weighted by Gasteiger charge is 2.42. The average molecular weight is 291 g/mol. The Hall–Kier alpha value is -0.730. The predicted molar refractivity (Wildman–Crippen MR) is 70.8 cm³/mol. The number of ether oxygens (including phenoxy) is 2. The Bertz CT molecular complexity index is 301. The summed E-state index contributed by atoms with van der Waals surface area (Å²) < 4.78 is 10.6. The third kappa shape index (κ3) is 4.99. The molecule has 7 heteroatoms. The van der Waals surface area contributed by atoms with Crippen LogP contribution in [0.15, 0.2) is 0 Å². The van der Waals surface area contributed by atoms with Gasteiger partial charge in [-0.3, -0.25) is 4.79 Å². The zero-order valence-electron chi connectivity index (χ0n) is 12.0. The van der Waals surface area contributed by atoms with Crippen molar-refractivity contribution in [2.24, 2.45) is 0 Å². The molecule has 1 amide bonds. The molecular formula is C13H25NO6. The Balaban J connectivity index is 2.20. The van der Waals surface area contributed by atoms with E-state index in [4.69, 9.17) is 9.47 Å². The van der Waals surface area contributed by atoms with Gasteiger partial charge in [0.05, 0.1) is 6.10 Å². The van der Waals surface area contributed by atoms with Gasteiger partial charge < -0.3 is 30.1 Å². The third-order valence-electron chi connectivity index (χ3n) is 3.26. The summed E-state index contributed by atoms with van der Waals surface area (Å²) in [6.45, 7) is 4.40. The Morgan fingerprint density at radius 1 is 1.20 bits per heavy atom. The molecule has 5 atom stereocenters. The van der Waals surface area contributed by atoms with E-state index in [1.807, 2.05) is 6.92 Å². The number of aliphatic hydroxyl groups is 3. The van der Waals surface area contributed by atoms with E-state index >= 15 is 0 Å². The number of rotatable bonds is 7. The lowest BCUT2D eigenvalue weighted by atomic mass is 10.0. The standard InChI is InChI=1S/C13H25NO6/c1-3-14-9(15)6-4-5-7-19-13-12(18)11(17)10(16)8(2)20-13/h8,10-13,16-18H,3-7H2,1-2H3,(H,14,15). The van der Waals surface area contributed by atoms with Gasteiger partial charge in [-0.1, -0.05) is 0 Å². The van der Waals surface area contributed by atoms with Crippen molar-refractivity contribution in [1.29, 1.82) is 0 Å². The molecule has 1 heterocycles. The molecule has 0 aromatic rings. The zero-order chi connectivity index (χ0) is 15.1. The summed E-state index contributed by atoms with van der Waals surface area (Å²) in [6, 6.07) is 0. The summed E-state index contributed by atoms with van der Waals surface area (Å²) in [5, 5.41) is 31.5. The number of aliphatic hydroxyl groups excluding tert-OH is 3. The third-order valence-corrected chi connectivity index (χ3v) is 3.26. The van der Waals surface area contributed by atoms with Crippen LogP contribution in [-0.4, -0.2) is 65.1 Å². The van der Waals surface area contributed by atoms with Crippen LogP contribution in [0.4, 0.5) is 0 Å². The minimum atomic E-state index is -1.28. The van der Waals surface area contributed by atoms with Gasteiger partial charge in [0, 0.05) is 19.6 Å². The van der Waals surface area contributed by atoms with Crippen molar-refractivity contribution >= 4 is 5.91 Å². The maximum absolute atomic E-state index is 11.2. The van der Waals surface area contributed by atoms with E-state index in [9.17, 15) is 20.1 Å². The molecule has 1 aliphatic heterocycles. The van der Waals surface area contributed by atoms with Gasteiger partial charge in [-0.05, 0) is 26.7 Å². The largest absolute Gasteiger partial charge is 0.388 e. The van der Waals surface area contributed by atoms with Crippen molar-refractivity contribution in [3.63, 3.8) is 0 Å². The summed E-state index contributed by atoms with van der Waals surface area (Å²) in [5.41, 5.74) is 0. The van der Waals surface area contributed by atoms with Crippen molar-refractivity contribution in [2.75, 3.05) is 13.2 Å². The van der Waals surface area contributed by atoms with Crippen molar-refractivity contribution in [2.45, 2.75) is 63.8 Å². The first-order valence-electron chi connectivity index (χ1n) is 7.05. The Labute approximate surface area is 118 Å². The first kappa shape index (κ1) is 17.3. The molecule has 0 spiro atoms. The molecule has 20 heavy (non-hydrogen) atoms. The van der Waals surface area contributed by atoms with Crippen LogP contribution >= 0.6 is 0 Å². The van der Waals surface area contributed by atoms with Crippen molar-refractivity contribution in [3.8, 4) is 0 Å². The number of nitrogens with one attached hydrogen (secondary N) is 1. The van der Waals surface area contributed by atoms with E-state index in [0.29, 0.717) is 32.4 Å². The van der Waals surface area contributed by atoms with E-state index in [1.165, 1.54) is 0 Å². The Kier molecular flexibility index (Phi) is 7.39. The van der Waals surface area contributed by atoms with Gasteiger partial charge in [-0.2, -0.15) is 0 Å². The number of unbranched alkanes of at least 4 members (excludes halogenated alkanes) is 1. The van der Waals surface area contributed by atoms with Crippen LogP contribution in [0.25, 0.3) is 0 Å². The first-order chi connectivity index (χ1) is 9.47. The predicted octanol–water partition coefficient (Wildman–Crippen LogP) is -0.863. The number of hydrogen-bond donors (Lipinski definition) is 4. The van der Waals surface area contributed by atoms with Crippen LogP contribution in [0.5, 0.6) is 0 Å². The molecule has 1 fully saturated rings. The first-order valence-corrected chi connectivity index (χ1v) is 7.05. The van der Waals surface area contributed by atoms with Crippen molar-refractivity contribution in [3.05, 3.63) is 0 Å². The lowest BCUT2D eigenvalue weighted by Crippen LogP contribution is -2.57. The molecular weight excluding hydrogens is 266 g/mol. The fourth-order valence-corrected chi connectivity index (χ4v) is 2.02. The van der Waals surface area contributed by atoms with Gasteiger partial charge >= 0.3 is 0 Å². The van der Waals surface area contributed by atoms with Gasteiger partial charge in [0.15, 0.2) is 6.29 Å². The highest BCUT2D eigenvalue weighted by atomic mass is 16.7. The lowest BCUT2D eigenvalue weighted by Gasteiger charge is -2.38. The van der Waals surface area contributed by atoms with Gasteiger partial charge in [-0.25, -0.2) is 0 Å². The minimum absolute atomic E-state index is 0.00798. The van der Waals surface area contributed by atoms with Crippen LogP contribution in [0.3, 0.4) is 0 Å². The molecule has 5 unspecified atom stereocenters. The van der Waals surface area contributed by atoms with E-state index in [2.05, 4.69) is 5.32 Å². The molecule has 4 N–H and O–H groups in total. The summed E-state index contributed by atoms with van der Waals surface area (Å²) in [5.74, 6) is 0.00798. The second-order valence-electron chi connectivity index (χ2n) is 4.96. The summed E-state index contributed by atoms with van der Waals surface area (Å²) in [7, 11) is 0. The van der Waals surface area contributed by atoms with Gasteiger partial charge in [0.2, 0.25) is 5.91 Å². The SMILES string of the molecule is CCNC(=O)CCCCOC1OC(C)C(O)C(O)C1O. The highest BCUT2D eigenvalue weighted by molar-refractivity contribution is 5.75. The topological polar surface area (TPSA) is 108 Å². The number of carbonyl (C=O) groups excluding carboxylic acids is 1. The fraction of sp³-hybridized carbons (Fsp3) is 0.923. The molecule has 118 valence electrons. The van der Waals surface area contributed by atoms with E-state index in [-0.39, 0.29) is 5.91 Å². The second kappa shape index (κ2) is 8.53. The summed E-state index contributed by atoms with van der Waals surface area (Å²) in [6.07, 6.45) is -3.47. The van der Waals surface area contributed by atoms with Crippen molar-refractivity contribution in [1.82, 2.24) is 5.32 Å². The maximum Gasteiger partial charge on any atom is 0.219 e. The zero-order valence-corrected chi connectivity index (χ0v) is 12.0. The molecule has 1 rings (SSSR count). The lowest BCUT2D eigenvalue weighted by molar-refractivity contribution is -0.293. The van der Waals surface area contributed by atoms with E-state index in [0.717, 1.165) is 0 Å². The smallest absolute Gasteiger partial charge is 0.219 e. The summed E-state index contributed by atoms with van der Waals surface area (Å²) in [4.78, 5) is 11.2. The number of carbonyl (C=O) groups is 1. The van der Waals surface area contributed by atoms with Crippen LogP contribution in [0.1, 0.15) is 33.1 Å². The molecule has 7 nitrogen and oxygen atoms in total. The normalized spacial score (nSPS) is 34.0. The summed E-state index contributed by atoms with van der Waals surface area (Å²) >= 11 is 0. The number of amides is 1. The number of hydrogen-bond acceptors (Lipinski definition) is 6. The van der Waals surface area contributed by atoms with Crippen LogP contribution < -0.4 is 5.32 Å². The average Bonchev–Trinajstić information content (AvgIpc) is 2.42. The molecule has 0 saturated carbocycles. The van der Waals surface area contributed by atoms with Crippen LogP contribution in [0.2, 0.25) is 0 Å². The maximum atomic E-state index is 11.2. The molecule has 0 radical (unpaired) electrons. The quantitative estimate of drug-likeness (QED) is 0.454. The van der Waals surface area contributed by atoms with Crippen LogP contribution in [0, 0.1) is 0 Å². The van der Waals surface area contributed by atoms with E-state index < -0.39 is 30.7 Å². The molecule has 0 aromatic heterocycles. The second-order valence-corrected chi connectivity index (χ2v) is 4.96. The minimum Gasteiger partial charge on any atom is -0.388 e. The van der Waals surface area contributed by atoms with Crippen LogP contribution in [-0.2, 0) is 14.3 Å². The molecule has 0 aromatic carbocycles. The van der Waals surface area contributed by atoms with Crippen molar-refractivity contribution < 1.29 is 29.6 Å². The molecule has 1 saturated heterocycles. The molecule has 1 aliphatic rings. The van der Waals surface area contributed by atoms with Gasteiger partial charge in [0.25, 0.3) is 0 Å².